The molecule has 0 spiro atoms. The van der Waals surface area contributed by atoms with Gasteiger partial charge in [-0.15, -0.1) is 0 Å². The number of fused-ring (bicyclic) bond motifs is 2. The van der Waals surface area contributed by atoms with Crippen molar-refractivity contribution in [2.75, 3.05) is 6.61 Å². The average molecular weight is 358 g/mol. The Morgan fingerprint density at radius 3 is 2.46 bits per heavy atom. The first-order valence-electron chi connectivity index (χ1n) is 9.69. The number of ketones is 2. The molecule has 0 bridgehead atoms. The van der Waals surface area contributed by atoms with Gasteiger partial charge in [0.2, 0.25) is 0 Å². The molecule has 0 aromatic heterocycles. The SMILES string of the molecule is CC(=O)OC[C@H]1C2=C(C(=O)C=C(C(C)C)C2=O)[C@@]2(C)CCCC(C)(C)[C@H]12. The fraction of sp³-hybridized carbons (Fsp3) is 0.682. The third kappa shape index (κ3) is 2.69. The van der Waals surface area contributed by atoms with E-state index in [1.54, 1.807) is 6.08 Å². The minimum absolute atomic E-state index is 0.00156. The van der Waals surface area contributed by atoms with Crippen LogP contribution in [0.2, 0.25) is 0 Å². The lowest BCUT2D eigenvalue weighted by Crippen LogP contribution is -2.45. The number of allylic oxidation sites excluding steroid dienone is 3. The lowest BCUT2D eigenvalue weighted by atomic mass is 9.54. The van der Waals surface area contributed by atoms with Crippen LogP contribution in [0.25, 0.3) is 0 Å². The molecule has 0 aromatic rings. The van der Waals surface area contributed by atoms with Crippen LogP contribution in [0.1, 0.15) is 60.8 Å². The molecule has 0 radical (unpaired) electrons. The van der Waals surface area contributed by atoms with E-state index in [0.717, 1.165) is 19.3 Å². The molecule has 1 fully saturated rings. The van der Waals surface area contributed by atoms with E-state index in [4.69, 9.17) is 4.74 Å². The van der Waals surface area contributed by atoms with Crippen LogP contribution in [0.5, 0.6) is 0 Å². The summed E-state index contributed by atoms with van der Waals surface area (Å²) >= 11 is 0. The molecule has 3 atom stereocenters. The Kier molecular flexibility index (Phi) is 4.53. The smallest absolute Gasteiger partial charge is 0.302 e. The number of carbonyl (C=O) groups excluding carboxylic acids is 3. The Balaban J connectivity index is 2.15. The quantitative estimate of drug-likeness (QED) is 0.564. The Bertz CT molecular complexity index is 737. The van der Waals surface area contributed by atoms with E-state index in [2.05, 4.69) is 20.8 Å². The van der Waals surface area contributed by atoms with E-state index in [1.807, 2.05) is 13.8 Å². The first-order valence-corrected chi connectivity index (χ1v) is 9.69. The van der Waals surface area contributed by atoms with Crippen molar-refractivity contribution in [1.82, 2.24) is 0 Å². The molecule has 4 nitrogen and oxygen atoms in total. The van der Waals surface area contributed by atoms with Crippen LogP contribution in [-0.2, 0) is 19.1 Å². The minimum Gasteiger partial charge on any atom is -0.465 e. The van der Waals surface area contributed by atoms with Crippen molar-refractivity contribution in [2.45, 2.75) is 60.8 Å². The van der Waals surface area contributed by atoms with E-state index in [9.17, 15) is 14.4 Å². The first-order chi connectivity index (χ1) is 12.0. The van der Waals surface area contributed by atoms with E-state index >= 15 is 0 Å². The van der Waals surface area contributed by atoms with Gasteiger partial charge in [-0.05, 0) is 36.2 Å². The predicted molar refractivity (Wildman–Crippen MR) is 99.3 cm³/mol. The molecule has 4 heteroatoms. The topological polar surface area (TPSA) is 60.4 Å². The summed E-state index contributed by atoms with van der Waals surface area (Å²) in [5.74, 6) is -0.451. The van der Waals surface area contributed by atoms with Crippen molar-refractivity contribution in [3.63, 3.8) is 0 Å². The van der Waals surface area contributed by atoms with Gasteiger partial charge in [-0.2, -0.15) is 0 Å². The summed E-state index contributed by atoms with van der Waals surface area (Å²) in [6.07, 6.45) is 4.56. The Morgan fingerprint density at radius 1 is 1.23 bits per heavy atom. The van der Waals surface area contributed by atoms with Gasteiger partial charge in [0, 0.05) is 35.0 Å². The van der Waals surface area contributed by atoms with Crippen LogP contribution in [0, 0.1) is 28.6 Å². The van der Waals surface area contributed by atoms with Crippen LogP contribution in [0.15, 0.2) is 22.8 Å². The van der Waals surface area contributed by atoms with Gasteiger partial charge in [0.1, 0.15) is 0 Å². The third-order valence-corrected chi connectivity index (χ3v) is 6.79. The summed E-state index contributed by atoms with van der Waals surface area (Å²) in [5.41, 5.74) is 1.56. The van der Waals surface area contributed by atoms with Crippen LogP contribution < -0.4 is 0 Å². The van der Waals surface area contributed by atoms with Crippen LogP contribution in [0.3, 0.4) is 0 Å². The van der Waals surface area contributed by atoms with Gasteiger partial charge in [-0.25, -0.2) is 0 Å². The lowest BCUT2D eigenvalue weighted by molar-refractivity contribution is -0.144. The maximum atomic E-state index is 13.3. The maximum Gasteiger partial charge on any atom is 0.302 e. The van der Waals surface area contributed by atoms with Gasteiger partial charge in [0.05, 0.1) is 6.61 Å². The van der Waals surface area contributed by atoms with Crippen molar-refractivity contribution < 1.29 is 19.1 Å². The minimum atomic E-state index is -0.344. The number of hydrogen-bond acceptors (Lipinski definition) is 4. The molecule has 0 aliphatic heterocycles. The Morgan fingerprint density at radius 2 is 1.88 bits per heavy atom. The largest absolute Gasteiger partial charge is 0.465 e. The molecule has 1 saturated carbocycles. The van der Waals surface area contributed by atoms with E-state index in [0.29, 0.717) is 16.7 Å². The standard InChI is InChI=1S/C22H30O4/c1-12(2)14-10-16(24)18-17(19(14)25)15(11-26-13(3)23)20-21(4,5)8-7-9-22(18,20)6/h10,12,15,20H,7-9,11H2,1-6H3/t15-,20-,22+/m0/s1. The van der Waals surface area contributed by atoms with Crippen molar-refractivity contribution >= 4 is 17.5 Å². The third-order valence-electron chi connectivity index (χ3n) is 6.79. The Hall–Kier alpha value is -1.71. The van der Waals surface area contributed by atoms with E-state index in [1.165, 1.54) is 6.92 Å². The van der Waals surface area contributed by atoms with Crippen LogP contribution in [-0.4, -0.2) is 24.1 Å². The number of esters is 1. The normalized spacial score (nSPS) is 33.1. The molecule has 0 amide bonds. The summed E-state index contributed by atoms with van der Waals surface area (Å²) in [4.78, 5) is 37.9. The summed E-state index contributed by atoms with van der Waals surface area (Å²) in [5, 5.41) is 0. The van der Waals surface area contributed by atoms with E-state index in [-0.39, 0.29) is 52.7 Å². The number of hydrogen-bond donors (Lipinski definition) is 0. The molecule has 3 rings (SSSR count). The zero-order valence-corrected chi connectivity index (χ0v) is 16.8. The summed E-state index contributed by atoms with van der Waals surface area (Å²) in [6, 6.07) is 0. The molecular weight excluding hydrogens is 328 g/mol. The molecule has 0 aromatic carbocycles. The molecule has 0 heterocycles. The number of carbonyl (C=O) groups is 3. The second kappa shape index (κ2) is 6.17. The van der Waals surface area contributed by atoms with Crippen molar-refractivity contribution in [1.29, 1.82) is 0 Å². The fourth-order valence-corrected chi connectivity index (χ4v) is 5.96. The van der Waals surface area contributed by atoms with Crippen LogP contribution in [0.4, 0.5) is 0 Å². The molecule has 142 valence electrons. The molecular formula is C22H30O4. The fourth-order valence-electron chi connectivity index (χ4n) is 5.96. The zero-order chi connectivity index (χ0) is 19.4. The van der Waals surface area contributed by atoms with Crippen molar-refractivity contribution in [3.05, 3.63) is 22.8 Å². The molecule has 0 N–H and O–H groups in total. The van der Waals surface area contributed by atoms with Gasteiger partial charge in [-0.3, -0.25) is 14.4 Å². The number of Topliss-reactive ketones (excluding diaryl/α,β-unsaturated/α-hetero) is 1. The predicted octanol–water partition coefficient (Wildman–Crippen LogP) is 4.04. The monoisotopic (exact) mass is 358 g/mol. The molecule has 0 saturated heterocycles. The van der Waals surface area contributed by atoms with Gasteiger partial charge < -0.3 is 4.74 Å². The van der Waals surface area contributed by atoms with Crippen molar-refractivity contribution in [2.24, 2.45) is 28.6 Å². The second-order valence-corrected chi connectivity index (χ2v) is 9.38. The molecule has 0 unspecified atom stereocenters. The molecule has 3 aliphatic rings. The highest BCUT2D eigenvalue weighted by atomic mass is 16.5. The first kappa shape index (κ1) is 19.1. The summed E-state index contributed by atoms with van der Waals surface area (Å²) < 4.78 is 5.39. The van der Waals surface area contributed by atoms with Gasteiger partial charge in [-0.1, -0.05) is 41.0 Å². The zero-order valence-electron chi connectivity index (χ0n) is 16.8. The second-order valence-electron chi connectivity index (χ2n) is 9.38. The van der Waals surface area contributed by atoms with E-state index < -0.39 is 0 Å². The maximum absolute atomic E-state index is 13.3. The molecule has 26 heavy (non-hydrogen) atoms. The highest BCUT2D eigenvalue weighted by Crippen LogP contribution is 2.64. The van der Waals surface area contributed by atoms with Crippen molar-refractivity contribution in [3.8, 4) is 0 Å². The van der Waals surface area contributed by atoms with Gasteiger partial charge in [0.25, 0.3) is 0 Å². The summed E-state index contributed by atoms with van der Waals surface area (Å²) in [7, 11) is 0. The van der Waals surface area contributed by atoms with Gasteiger partial charge >= 0.3 is 5.97 Å². The lowest BCUT2D eigenvalue weighted by Gasteiger charge is -2.50. The van der Waals surface area contributed by atoms with Gasteiger partial charge in [0.15, 0.2) is 11.6 Å². The highest BCUT2D eigenvalue weighted by molar-refractivity contribution is 6.24. The number of rotatable bonds is 3. The van der Waals surface area contributed by atoms with Crippen LogP contribution >= 0.6 is 0 Å². The average Bonchev–Trinajstić information content (AvgIpc) is 2.79. The molecule has 3 aliphatic carbocycles. The Labute approximate surface area is 156 Å². The number of ether oxygens (including phenoxy) is 1. The highest BCUT2D eigenvalue weighted by Gasteiger charge is 2.61. The summed E-state index contributed by atoms with van der Waals surface area (Å²) in [6.45, 7) is 12.0.